The van der Waals surface area contributed by atoms with Gasteiger partial charge in [0, 0.05) is 32.8 Å². The van der Waals surface area contributed by atoms with Gasteiger partial charge in [0.05, 0.1) is 10.2 Å². The van der Waals surface area contributed by atoms with E-state index in [4.69, 9.17) is 4.74 Å². The van der Waals surface area contributed by atoms with E-state index in [-0.39, 0.29) is 12.0 Å². The van der Waals surface area contributed by atoms with E-state index in [1.807, 2.05) is 49.9 Å². The van der Waals surface area contributed by atoms with Gasteiger partial charge in [0.1, 0.15) is 10.6 Å². The Labute approximate surface area is 176 Å². The molecule has 29 heavy (non-hydrogen) atoms. The van der Waals surface area contributed by atoms with Crippen molar-refractivity contribution in [3.8, 4) is 0 Å². The summed E-state index contributed by atoms with van der Waals surface area (Å²) in [6, 6.07) is 7.96. The van der Waals surface area contributed by atoms with Crippen LogP contribution in [0.3, 0.4) is 0 Å². The number of fused-ring (bicyclic) bond motifs is 1. The lowest BCUT2D eigenvalue weighted by atomic mass is 9.96. The molecule has 1 aromatic heterocycles. The number of carbonyl (C=O) groups is 2. The number of amides is 2. The molecule has 7 heteroatoms. The summed E-state index contributed by atoms with van der Waals surface area (Å²) in [7, 11) is 1.77. The van der Waals surface area contributed by atoms with Gasteiger partial charge in [-0.2, -0.15) is 0 Å². The lowest BCUT2D eigenvalue weighted by molar-refractivity contribution is -0.127. The number of ether oxygens (including phenoxy) is 1. The van der Waals surface area contributed by atoms with Crippen LogP contribution in [0.4, 0.5) is 4.79 Å². The lowest BCUT2D eigenvalue weighted by Crippen LogP contribution is -2.42. The molecular formula is C22H29N3O3S. The van der Waals surface area contributed by atoms with Crippen LogP contribution in [0.1, 0.15) is 38.6 Å². The second kappa shape index (κ2) is 8.95. The lowest BCUT2D eigenvalue weighted by Gasteiger charge is -2.34. The second-order valence-electron chi connectivity index (χ2n) is 8.48. The Morgan fingerprint density at radius 2 is 1.97 bits per heavy atom. The molecule has 0 unspecified atom stereocenters. The zero-order valence-corrected chi connectivity index (χ0v) is 18.4. The Balaban J connectivity index is 1.47. The molecule has 0 spiro atoms. The standard InChI is InChI=1S/C22H29N3O3S/c1-22(2,3)28-21(27)24(4)15-16-11-13-25(14-12-16)20(26)10-9-19-23-17-7-5-6-8-18(17)29-19/h5-10,16H,11-15H2,1-4H3. The van der Waals surface area contributed by atoms with E-state index in [2.05, 4.69) is 4.98 Å². The predicted octanol–water partition coefficient (Wildman–Crippen LogP) is 4.42. The maximum atomic E-state index is 12.5. The third-order valence-corrected chi connectivity index (χ3v) is 5.84. The van der Waals surface area contributed by atoms with E-state index in [1.54, 1.807) is 35.4 Å². The average Bonchev–Trinajstić information content (AvgIpc) is 3.08. The average molecular weight is 416 g/mol. The van der Waals surface area contributed by atoms with Gasteiger partial charge in [-0.15, -0.1) is 11.3 Å². The molecule has 156 valence electrons. The first kappa shape index (κ1) is 21.3. The van der Waals surface area contributed by atoms with Crippen molar-refractivity contribution in [3.05, 3.63) is 35.3 Å². The first-order chi connectivity index (χ1) is 13.7. The highest BCUT2D eigenvalue weighted by atomic mass is 32.1. The van der Waals surface area contributed by atoms with Crippen LogP contribution < -0.4 is 0 Å². The number of thiazole rings is 1. The zero-order chi connectivity index (χ0) is 21.0. The minimum absolute atomic E-state index is 0.0169. The molecule has 0 N–H and O–H groups in total. The number of carbonyl (C=O) groups excluding carboxylic acids is 2. The summed E-state index contributed by atoms with van der Waals surface area (Å²) in [6.07, 6.45) is 4.89. The fourth-order valence-electron chi connectivity index (χ4n) is 3.35. The van der Waals surface area contributed by atoms with Gasteiger partial charge in [-0.1, -0.05) is 12.1 Å². The number of benzene rings is 1. The van der Waals surface area contributed by atoms with Crippen LogP contribution in [-0.4, -0.2) is 59.1 Å². The van der Waals surface area contributed by atoms with Gasteiger partial charge >= 0.3 is 6.09 Å². The molecule has 0 atom stereocenters. The van der Waals surface area contributed by atoms with Gasteiger partial charge in [0.2, 0.25) is 5.91 Å². The van der Waals surface area contributed by atoms with Crippen LogP contribution in [0.5, 0.6) is 0 Å². The van der Waals surface area contributed by atoms with E-state index >= 15 is 0 Å². The summed E-state index contributed by atoms with van der Waals surface area (Å²) < 4.78 is 6.52. The summed E-state index contributed by atoms with van der Waals surface area (Å²) in [5, 5.41) is 0.841. The number of likely N-dealkylation sites (tertiary alicyclic amines) is 1. The van der Waals surface area contributed by atoms with Gasteiger partial charge in [-0.25, -0.2) is 9.78 Å². The number of para-hydroxylation sites is 1. The van der Waals surface area contributed by atoms with E-state index in [0.717, 1.165) is 28.1 Å². The maximum absolute atomic E-state index is 12.5. The zero-order valence-electron chi connectivity index (χ0n) is 17.6. The number of hydrogen-bond donors (Lipinski definition) is 0. The molecule has 1 aliphatic rings. The summed E-state index contributed by atoms with van der Waals surface area (Å²) in [5.74, 6) is 0.396. The van der Waals surface area contributed by atoms with Crippen molar-refractivity contribution < 1.29 is 14.3 Å². The van der Waals surface area contributed by atoms with Crippen molar-refractivity contribution in [2.75, 3.05) is 26.7 Å². The quantitative estimate of drug-likeness (QED) is 0.694. The second-order valence-corrected chi connectivity index (χ2v) is 9.54. The van der Waals surface area contributed by atoms with Gasteiger partial charge in [-0.05, 0) is 57.7 Å². The highest BCUT2D eigenvalue weighted by Gasteiger charge is 2.26. The largest absolute Gasteiger partial charge is 0.444 e. The summed E-state index contributed by atoms with van der Waals surface area (Å²) in [6.45, 7) is 7.66. The highest BCUT2D eigenvalue weighted by Crippen LogP contribution is 2.23. The molecule has 6 nitrogen and oxygen atoms in total. The summed E-state index contributed by atoms with van der Waals surface area (Å²) in [5.41, 5.74) is 0.469. The highest BCUT2D eigenvalue weighted by molar-refractivity contribution is 7.19. The molecule has 0 aliphatic carbocycles. The van der Waals surface area contributed by atoms with Crippen molar-refractivity contribution in [2.24, 2.45) is 5.92 Å². The molecule has 1 fully saturated rings. The fraction of sp³-hybridized carbons (Fsp3) is 0.500. The van der Waals surface area contributed by atoms with Gasteiger partial charge in [0.25, 0.3) is 0 Å². The molecule has 0 radical (unpaired) electrons. The van der Waals surface area contributed by atoms with E-state index < -0.39 is 5.60 Å². The van der Waals surface area contributed by atoms with Crippen LogP contribution in [0.2, 0.25) is 0 Å². The van der Waals surface area contributed by atoms with E-state index in [0.29, 0.717) is 25.6 Å². The smallest absolute Gasteiger partial charge is 0.410 e. The predicted molar refractivity (Wildman–Crippen MR) is 117 cm³/mol. The van der Waals surface area contributed by atoms with Crippen molar-refractivity contribution in [1.29, 1.82) is 0 Å². The Kier molecular flexibility index (Phi) is 6.57. The van der Waals surface area contributed by atoms with Crippen molar-refractivity contribution in [1.82, 2.24) is 14.8 Å². The molecule has 2 amide bonds. The van der Waals surface area contributed by atoms with Crippen LogP contribution in [0.15, 0.2) is 30.3 Å². The number of rotatable bonds is 4. The number of hydrogen-bond acceptors (Lipinski definition) is 5. The van der Waals surface area contributed by atoms with E-state index in [9.17, 15) is 9.59 Å². The molecule has 1 saturated heterocycles. The molecule has 1 aliphatic heterocycles. The molecular weight excluding hydrogens is 386 g/mol. The normalized spacial score (nSPS) is 15.8. The summed E-state index contributed by atoms with van der Waals surface area (Å²) in [4.78, 5) is 32.7. The van der Waals surface area contributed by atoms with Gasteiger partial charge < -0.3 is 14.5 Å². The topological polar surface area (TPSA) is 62.7 Å². The van der Waals surface area contributed by atoms with Crippen molar-refractivity contribution in [3.63, 3.8) is 0 Å². The molecule has 0 saturated carbocycles. The first-order valence-corrected chi connectivity index (χ1v) is 10.8. The molecule has 2 aromatic rings. The number of aromatic nitrogens is 1. The fourth-order valence-corrected chi connectivity index (χ4v) is 4.22. The van der Waals surface area contributed by atoms with Crippen LogP contribution in [0.25, 0.3) is 16.3 Å². The van der Waals surface area contributed by atoms with Gasteiger partial charge in [0.15, 0.2) is 0 Å². The number of piperidine rings is 1. The minimum atomic E-state index is -0.489. The van der Waals surface area contributed by atoms with Crippen LogP contribution in [0, 0.1) is 5.92 Å². The Morgan fingerprint density at radius 3 is 2.62 bits per heavy atom. The third-order valence-electron chi connectivity index (χ3n) is 4.84. The van der Waals surface area contributed by atoms with Crippen molar-refractivity contribution in [2.45, 2.75) is 39.2 Å². The molecule has 1 aromatic carbocycles. The Hall–Kier alpha value is -2.41. The SMILES string of the molecule is CN(CC1CCN(C(=O)C=Cc2nc3ccccc3s2)CC1)C(=O)OC(C)(C)C. The summed E-state index contributed by atoms with van der Waals surface area (Å²) >= 11 is 1.58. The third kappa shape index (κ3) is 6.03. The van der Waals surface area contributed by atoms with Crippen LogP contribution >= 0.6 is 11.3 Å². The molecule has 2 heterocycles. The van der Waals surface area contributed by atoms with Gasteiger partial charge in [-0.3, -0.25) is 4.79 Å². The Morgan fingerprint density at radius 1 is 1.28 bits per heavy atom. The molecule has 0 bridgehead atoms. The van der Waals surface area contributed by atoms with E-state index in [1.165, 1.54) is 0 Å². The maximum Gasteiger partial charge on any atom is 0.410 e. The van der Waals surface area contributed by atoms with Crippen molar-refractivity contribution >= 4 is 39.6 Å². The molecule has 3 rings (SSSR count). The number of nitrogens with zero attached hydrogens (tertiary/aromatic N) is 3. The Bertz CT molecular complexity index is 859. The first-order valence-electron chi connectivity index (χ1n) is 9.98. The van der Waals surface area contributed by atoms with Crippen LogP contribution in [-0.2, 0) is 9.53 Å². The monoisotopic (exact) mass is 415 g/mol. The minimum Gasteiger partial charge on any atom is -0.444 e.